The summed E-state index contributed by atoms with van der Waals surface area (Å²) in [6.45, 7) is 0. The average Bonchev–Trinajstić information content (AvgIpc) is 2.79. The Kier molecular flexibility index (Phi) is 5.70. The van der Waals surface area contributed by atoms with Gasteiger partial charge < -0.3 is 15.2 Å². The van der Waals surface area contributed by atoms with Crippen molar-refractivity contribution in [2.45, 2.75) is 25.2 Å². The molecule has 0 bridgehead atoms. The van der Waals surface area contributed by atoms with Crippen LogP contribution < -0.4 is 20.1 Å². The zero-order valence-corrected chi connectivity index (χ0v) is 18.8. The highest BCUT2D eigenvalue weighted by Gasteiger charge is 2.40. The Morgan fingerprint density at radius 3 is 2.61 bits per heavy atom. The summed E-state index contributed by atoms with van der Waals surface area (Å²) in [4.78, 5) is 19.4. The number of pyridine rings is 1. The number of hydrogen-bond acceptors (Lipinski definition) is 7. The van der Waals surface area contributed by atoms with Gasteiger partial charge in [-0.05, 0) is 58.6 Å². The summed E-state index contributed by atoms with van der Waals surface area (Å²) in [5, 5.41) is 10.1. The molecular formula is C23H21BrN4O3. The molecule has 0 saturated carbocycles. The summed E-state index contributed by atoms with van der Waals surface area (Å²) in [6.07, 6.45) is 3.49. The van der Waals surface area contributed by atoms with Crippen molar-refractivity contribution in [1.29, 1.82) is 5.26 Å². The van der Waals surface area contributed by atoms with Crippen molar-refractivity contribution in [1.82, 2.24) is 4.98 Å². The highest BCUT2D eigenvalue weighted by atomic mass is 79.9. The monoisotopic (exact) mass is 480 g/mol. The van der Waals surface area contributed by atoms with E-state index in [0.717, 1.165) is 22.2 Å². The van der Waals surface area contributed by atoms with E-state index in [1.165, 1.54) is 0 Å². The fourth-order valence-electron chi connectivity index (χ4n) is 4.21. The third-order valence-corrected chi connectivity index (χ3v) is 6.06. The molecule has 158 valence electrons. The number of nitriles is 1. The number of methoxy groups -OCH3 is 2. The fraction of sp³-hybridized carbons (Fsp3) is 0.261. The second kappa shape index (κ2) is 8.44. The number of anilines is 1. The Labute approximate surface area is 188 Å². The number of halogens is 1. The number of rotatable bonds is 4. The molecule has 1 atom stereocenters. The Hall–Kier alpha value is -3.31. The van der Waals surface area contributed by atoms with Crippen LogP contribution in [0.4, 0.5) is 5.82 Å². The van der Waals surface area contributed by atoms with Gasteiger partial charge in [0.15, 0.2) is 17.3 Å². The quantitative estimate of drug-likeness (QED) is 0.700. The van der Waals surface area contributed by atoms with Gasteiger partial charge in [0.05, 0.1) is 31.8 Å². The van der Waals surface area contributed by atoms with Gasteiger partial charge in [-0.3, -0.25) is 9.69 Å². The molecule has 0 amide bonds. The molecule has 1 aromatic heterocycles. The first kappa shape index (κ1) is 20.9. The van der Waals surface area contributed by atoms with Gasteiger partial charge in [-0.25, -0.2) is 4.98 Å². The number of hydrogen-bond donors (Lipinski definition) is 1. The molecule has 7 nitrogen and oxygen atoms in total. The van der Waals surface area contributed by atoms with Crippen LogP contribution in [-0.2, 0) is 4.79 Å². The number of ether oxygens (including phenoxy) is 2. The van der Waals surface area contributed by atoms with Crippen molar-refractivity contribution < 1.29 is 14.3 Å². The molecule has 1 aliphatic carbocycles. The molecule has 0 saturated heterocycles. The fourth-order valence-corrected chi connectivity index (χ4v) is 4.45. The van der Waals surface area contributed by atoms with Crippen LogP contribution in [0, 0.1) is 11.3 Å². The predicted octanol–water partition coefficient (Wildman–Crippen LogP) is 4.17. The molecule has 31 heavy (non-hydrogen) atoms. The second-order valence-electron chi connectivity index (χ2n) is 7.27. The molecule has 2 heterocycles. The molecule has 0 unspecified atom stereocenters. The van der Waals surface area contributed by atoms with Crippen LogP contribution in [0.2, 0.25) is 0 Å². The Morgan fingerprint density at radius 1 is 1.19 bits per heavy atom. The first-order valence-corrected chi connectivity index (χ1v) is 10.6. The summed E-state index contributed by atoms with van der Waals surface area (Å²) < 4.78 is 11.6. The van der Waals surface area contributed by atoms with E-state index in [-0.39, 0.29) is 11.6 Å². The molecule has 0 fully saturated rings. The van der Waals surface area contributed by atoms with Crippen LogP contribution in [0.25, 0.3) is 0 Å². The molecule has 0 radical (unpaired) electrons. The summed E-state index contributed by atoms with van der Waals surface area (Å²) in [5.74, 6) is 1.40. The van der Waals surface area contributed by atoms with E-state index < -0.39 is 5.92 Å². The molecule has 2 aromatic rings. The van der Waals surface area contributed by atoms with E-state index in [1.54, 1.807) is 37.4 Å². The molecular weight excluding hydrogens is 460 g/mol. The Bertz CT molecular complexity index is 1150. The van der Waals surface area contributed by atoms with Crippen molar-refractivity contribution in [2.75, 3.05) is 19.1 Å². The van der Waals surface area contributed by atoms with Gasteiger partial charge in [0.25, 0.3) is 0 Å². The number of nitrogens with two attached hydrogens (primary N) is 1. The number of benzene rings is 1. The smallest absolute Gasteiger partial charge is 0.161 e. The minimum Gasteiger partial charge on any atom is -0.493 e. The number of Topliss-reactive ketones (excluding diaryl/α,β-unsaturated/α-hetero) is 1. The zero-order valence-electron chi connectivity index (χ0n) is 17.2. The minimum absolute atomic E-state index is 0.0170. The summed E-state index contributed by atoms with van der Waals surface area (Å²) in [7, 11) is 3.11. The standard InChI is InChI=1S/C23H21BrN4O3/c1-30-18-8-6-13(10-19(18)31-2)21-15(11-25)23(26)28(20-9-7-14(24)12-27-20)16-4-3-5-17(29)22(16)21/h6-10,12,21H,3-5,26H2,1-2H3/t21-/m0/s1. The third kappa shape index (κ3) is 3.55. The van der Waals surface area contributed by atoms with E-state index in [9.17, 15) is 10.1 Å². The van der Waals surface area contributed by atoms with Crippen LogP contribution in [0.3, 0.4) is 0 Å². The maximum absolute atomic E-state index is 13.1. The van der Waals surface area contributed by atoms with Gasteiger partial charge >= 0.3 is 0 Å². The number of carbonyl (C=O) groups is 1. The van der Waals surface area contributed by atoms with Gasteiger partial charge in [0.2, 0.25) is 0 Å². The largest absolute Gasteiger partial charge is 0.493 e. The van der Waals surface area contributed by atoms with Crippen LogP contribution >= 0.6 is 15.9 Å². The van der Waals surface area contributed by atoms with E-state index in [1.807, 2.05) is 18.2 Å². The summed E-state index contributed by atoms with van der Waals surface area (Å²) in [5.41, 5.74) is 8.99. The average molecular weight is 481 g/mol. The van der Waals surface area contributed by atoms with Gasteiger partial charge in [0, 0.05) is 28.4 Å². The van der Waals surface area contributed by atoms with E-state index in [0.29, 0.717) is 41.3 Å². The lowest BCUT2D eigenvalue weighted by molar-refractivity contribution is -0.116. The van der Waals surface area contributed by atoms with Crippen LogP contribution in [0.15, 0.2) is 63.7 Å². The van der Waals surface area contributed by atoms with Crippen LogP contribution in [0.1, 0.15) is 30.7 Å². The molecule has 4 rings (SSSR count). The Morgan fingerprint density at radius 2 is 1.97 bits per heavy atom. The number of ketones is 1. The van der Waals surface area contributed by atoms with Crippen LogP contribution in [-0.4, -0.2) is 25.0 Å². The van der Waals surface area contributed by atoms with Crippen LogP contribution in [0.5, 0.6) is 11.5 Å². The van der Waals surface area contributed by atoms with Crippen molar-refractivity contribution in [3.63, 3.8) is 0 Å². The topological polar surface area (TPSA) is 101 Å². The highest BCUT2D eigenvalue weighted by Crippen LogP contribution is 2.47. The summed E-state index contributed by atoms with van der Waals surface area (Å²) >= 11 is 3.39. The maximum Gasteiger partial charge on any atom is 0.161 e. The van der Waals surface area contributed by atoms with E-state index >= 15 is 0 Å². The first-order valence-electron chi connectivity index (χ1n) is 9.79. The van der Waals surface area contributed by atoms with Gasteiger partial charge in [-0.1, -0.05) is 6.07 Å². The van der Waals surface area contributed by atoms with Gasteiger partial charge in [-0.2, -0.15) is 5.26 Å². The third-order valence-electron chi connectivity index (χ3n) is 5.60. The van der Waals surface area contributed by atoms with Gasteiger partial charge in [-0.15, -0.1) is 0 Å². The predicted molar refractivity (Wildman–Crippen MR) is 119 cm³/mol. The molecule has 8 heteroatoms. The molecule has 1 aromatic carbocycles. The Balaban J connectivity index is 1.94. The first-order chi connectivity index (χ1) is 15.0. The SMILES string of the molecule is COc1ccc([C@H]2C(C#N)=C(N)N(c3ccc(Br)cn3)C3=C2C(=O)CCC3)cc1OC. The number of nitrogens with zero attached hydrogens (tertiary/aromatic N) is 3. The molecule has 1 aliphatic heterocycles. The normalized spacial score (nSPS) is 18.6. The maximum atomic E-state index is 13.1. The number of carbonyl (C=O) groups excluding carboxylic acids is 1. The lowest BCUT2D eigenvalue weighted by atomic mass is 9.75. The molecule has 0 spiro atoms. The lowest BCUT2D eigenvalue weighted by Gasteiger charge is -2.39. The lowest BCUT2D eigenvalue weighted by Crippen LogP contribution is -2.39. The zero-order chi connectivity index (χ0) is 22.1. The van der Waals surface area contributed by atoms with Gasteiger partial charge in [0.1, 0.15) is 11.6 Å². The molecule has 2 aliphatic rings. The minimum atomic E-state index is -0.570. The van der Waals surface area contributed by atoms with Crippen molar-refractivity contribution in [2.24, 2.45) is 5.73 Å². The number of aromatic nitrogens is 1. The van der Waals surface area contributed by atoms with Crippen molar-refractivity contribution in [3.8, 4) is 17.6 Å². The molecule has 2 N–H and O–H groups in total. The van der Waals surface area contributed by atoms with Crippen molar-refractivity contribution >= 4 is 27.5 Å². The van der Waals surface area contributed by atoms with Crippen molar-refractivity contribution in [3.05, 3.63) is 69.2 Å². The van der Waals surface area contributed by atoms with E-state index in [4.69, 9.17) is 15.2 Å². The number of allylic oxidation sites excluding steroid dienone is 3. The second-order valence-corrected chi connectivity index (χ2v) is 8.18. The summed E-state index contributed by atoms with van der Waals surface area (Å²) in [6, 6.07) is 11.3. The highest BCUT2D eigenvalue weighted by molar-refractivity contribution is 9.10. The van der Waals surface area contributed by atoms with E-state index in [2.05, 4.69) is 27.0 Å².